The number of aliphatic hydroxyl groups is 2. The van der Waals surface area contributed by atoms with Crippen molar-refractivity contribution in [1.82, 2.24) is 14.6 Å². The molecule has 0 amide bonds. The number of unbranched alkanes of at least 4 members (excludes halogenated alkanes) is 15. The minimum Gasteiger partial charge on any atom is -0.497 e. The molecule has 2 aromatic heterocycles. The fourth-order valence-electron chi connectivity index (χ4n) is 7.18. The van der Waals surface area contributed by atoms with Crippen LogP contribution in [0.3, 0.4) is 0 Å². The Morgan fingerprint density at radius 1 is 0.932 bits per heavy atom. The number of hydrogen-bond acceptors (Lipinski definition) is 14. The molecule has 0 spiro atoms. The van der Waals surface area contributed by atoms with E-state index in [0.29, 0.717) is 29.0 Å². The van der Waals surface area contributed by atoms with Crippen molar-refractivity contribution >= 4 is 19.2 Å². The number of nitrogens with zero attached hydrogens (tertiary/aromatic N) is 5. The van der Waals surface area contributed by atoms with Gasteiger partial charge in [-0.05, 0) is 42.3 Å². The molecule has 1 aliphatic rings. The van der Waals surface area contributed by atoms with Gasteiger partial charge in [-0.3, -0.25) is 9.05 Å². The summed E-state index contributed by atoms with van der Waals surface area (Å²) in [4.78, 5) is 14.5. The van der Waals surface area contributed by atoms with Crippen molar-refractivity contribution in [2.45, 2.75) is 146 Å². The molecular weight excluding hydrogens is 779 g/mol. The molecule has 326 valence electrons. The number of fused-ring (bicyclic) bond motifs is 1. The lowest BCUT2D eigenvalue weighted by Gasteiger charge is -2.24. The largest absolute Gasteiger partial charge is 0.497 e. The smallest absolute Gasteiger partial charge is 0.472 e. The van der Waals surface area contributed by atoms with Gasteiger partial charge in [-0.2, -0.15) is 15.6 Å². The lowest BCUT2D eigenvalue weighted by Crippen LogP contribution is -2.41. The molecule has 59 heavy (non-hydrogen) atoms. The Balaban J connectivity index is 1.22. The number of anilines is 1. The highest BCUT2D eigenvalue weighted by atomic mass is 31.2. The number of hydrogen-bond donors (Lipinski definition) is 4. The summed E-state index contributed by atoms with van der Waals surface area (Å²) in [5.74, 6) is 0.599. The van der Waals surface area contributed by atoms with Crippen molar-refractivity contribution in [2.75, 3.05) is 39.3 Å². The first-order chi connectivity index (χ1) is 28.6. The van der Waals surface area contributed by atoms with Crippen LogP contribution in [0.2, 0.25) is 0 Å². The van der Waals surface area contributed by atoms with Crippen LogP contribution in [0.15, 0.2) is 36.7 Å². The van der Waals surface area contributed by atoms with E-state index in [0.717, 1.165) is 19.3 Å². The number of nitriles is 2. The molecule has 17 heteroatoms. The van der Waals surface area contributed by atoms with Gasteiger partial charge >= 0.3 is 7.82 Å². The van der Waals surface area contributed by atoms with Gasteiger partial charge in [0.1, 0.15) is 48.1 Å². The fraction of sp³-hybridized carbons (Fsp3) is 0.667. The number of phosphoric ester groups is 1. The van der Waals surface area contributed by atoms with Gasteiger partial charge in [0.2, 0.25) is 5.60 Å². The Bertz CT molecular complexity index is 1840. The van der Waals surface area contributed by atoms with Crippen LogP contribution in [0.4, 0.5) is 5.82 Å². The van der Waals surface area contributed by atoms with Crippen LogP contribution >= 0.6 is 7.82 Å². The molecule has 0 bridgehead atoms. The molecule has 1 saturated heterocycles. The lowest BCUT2D eigenvalue weighted by atomic mass is 9.92. The van der Waals surface area contributed by atoms with E-state index in [1.807, 2.05) is 6.07 Å². The van der Waals surface area contributed by atoms with Gasteiger partial charge in [0, 0.05) is 6.61 Å². The maximum absolute atomic E-state index is 13.1. The first kappa shape index (κ1) is 48.0. The number of phosphoric acid groups is 1. The van der Waals surface area contributed by atoms with Gasteiger partial charge < -0.3 is 39.8 Å². The summed E-state index contributed by atoms with van der Waals surface area (Å²) in [5, 5.41) is 45.5. The van der Waals surface area contributed by atoms with Crippen LogP contribution in [-0.2, 0) is 40.0 Å². The van der Waals surface area contributed by atoms with Crippen LogP contribution < -0.4 is 10.5 Å². The highest BCUT2D eigenvalue weighted by molar-refractivity contribution is 7.47. The van der Waals surface area contributed by atoms with Crippen molar-refractivity contribution in [1.29, 1.82) is 10.5 Å². The minimum atomic E-state index is -4.80. The van der Waals surface area contributed by atoms with E-state index in [2.05, 4.69) is 23.1 Å². The second kappa shape index (κ2) is 25.2. The SMILES string of the molecule is CCCCCCCCCCCCCCCCCCOC[C@H](COP(=O)(O)OC[C@H]1O[C@@](C#N)(c2ccc3c(N)ncnn23)[C@H](O)[C@@H]1O)OCc1cc(C#N)cc(OC)c1. The number of nitrogen functional groups attached to an aromatic ring is 1. The highest BCUT2D eigenvalue weighted by Crippen LogP contribution is 2.46. The minimum absolute atomic E-state index is 0.0279. The second-order valence-electron chi connectivity index (χ2n) is 15.2. The Hall–Kier alpha value is -3.67. The zero-order chi connectivity index (χ0) is 42.5. The zero-order valence-electron chi connectivity index (χ0n) is 34.6. The molecule has 1 aromatic carbocycles. The lowest BCUT2D eigenvalue weighted by molar-refractivity contribution is -0.0690. The van der Waals surface area contributed by atoms with Crippen molar-refractivity contribution < 1.29 is 47.7 Å². The number of benzene rings is 1. The second-order valence-corrected chi connectivity index (χ2v) is 16.6. The number of aromatic nitrogens is 3. The van der Waals surface area contributed by atoms with E-state index in [-0.39, 0.29) is 24.7 Å². The molecule has 1 unspecified atom stereocenters. The molecule has 6 atom stereocenters. The van der Waals surface area contributed by atoms with E-state index in [9.17, 15) is 30.2 Å². The molecule has 3 aromatic rings. The fourth-order valence-corrected chi connectivity index (χ4v) is 7.95. The third-order valence-electron chi connectivity index (χ3n) is 10.6. The van der Waals surface area contributed by atoms with Gasteiger partial charge in [-0.25, -0.2) is 14.1 Å². The molecule has 5 N–H and O–H groups in total. The van der Waals surface area contributed by atoms with Crippen LogP contribution in [0.5, 0.6) is 5.75 Å². The highest BCUT2D eigenvalue weighted by Gasteiger charge is 2.58. The molecule has 3 heterocycles. The van der Waals surface area contributed by atoms with Gasteiger partial charge in [0.15, 0.2) is 5.82 Å². The first-order valence-corrected chi connectivity index (χ1v) is 22.5. The zero-order valence-corrected chi connectivity index (χ0v) is 35.5. The maximum atomic E-state index is 13.1. The summed E-state index contributed by atoms with van der Waals surface area (Å²) in [6.45, 7) is 1.69. The molecule has 0 saturated carbocycles. The third-order valence-corrected chi connectivity index (χ3v) is 11.5. The van der Waals surface area contributed by atoms with Gasteiger partial charge in [0.05, 0.1) is 50.9 Å². The van der Waals surface area contributed by atoms with Crippen molar-refractivity contribution in [3.8, 4) is 17.9 Å². The van der Waals surface area contributed by atoms with E-state index in [1.165, 1.54) is 114 Å². The van der Waals surface area contributed by atoms with Gasteiger partial charge in [0.25, 0.3) is 0 Å². The molecule has 0 radical (unpaired) electrons. The van der Waals surface area contributed by atoms with Crippen LogP contribution in [0, 0.1) is 22.7 Å². The summed E-state index contributed by atoms with van der Waals surface area (Å²) in [7, 11) is -3.30. The van der Waals surface area contributed by atoms with Gasteiger partial charge in [-0.15, -0.1) is 0 Å². The maximum Gasteiger partial charge on any atom is 0.472 e. The predicted octanol–water partition coefficient (Wildman–Crippen LogP) is 7.03. The number of rotatable bonds is 30. The van der Waals surface area contributed by atoms with Crippen LogP contribution in [0.1, 0.15) is 126 Å². The predicted molar refractivity (Wildman–Crippen MR) is 220 cm³/mol. The average molecular weight is 843 g/mol. The van der Waals surface area contributed by atoms with Crippen LogP contribution in [-0.4, -0.2) is 87.7 Å². The van der Waals surface area contributed by atoms with Crippen molar-refractivity contribution in [3.63, 3.8) is 0 Å². The third kappa shape index (κ3) is 14.8. The summed E-state index contributed by atoms with van der Waals surface area (Å²) in [6, 6.07) is 12.0. The Labute approximate surface area is 348 Å². The summed E-state index contributed by atoms with van der Waals surface area (Å²) in [5.41, 5.74) is 5.24. The summed E-state index contributed by atoms with van der Waals surface area (Å²) in [6.07, 6.45) is 15.7. The number of aliphatic hydroxyl groups excluding tert-OH is 2. The van der Waals surface area contributed by atoms with Crippen molar-refractivity contribution in [2.24, 2.45) is 0 Å². The Morgan fingerprint density at radius 2 is 1.58 bits per heavy atom. The van der Waals surface area contributed by atoms with Crippen molar-refractivity contribution in [3.05, 3.63) is 53.5 Å². The molecule has 0 aliphatic carbocycles. The first-order valence-electron chi connectivity index (χ1n) is 21.0. The Morgan fingerprint density at radius 3 is 2.19 bits per heavy atom. The standard InChI is InChI=1S/C42H63N6O10P/c1-3-4-5-6-7-8-9-10-11-12-13-14-15-16-17-18-21-54-27-35(55-26-33-22-32(25-43)23-34(24-33)53-2)28-56-59(51,52)57-29-37-39(49)40(50)42(30-44,58-37)38-20-19-36-41(45)46-31-47-48(36)38/h19-20,22-24,31,35,37,39-40,49-50H,3-18,21,26-29H2,1-2H3,(H,51,52)(H2,45,46,47)/t35-,37-,39-,40-,42+/m1/s1. The number of methoxy groups -OCH3 is 1. The van der Waals surface area contributed by atoms with E-state index in [1.54, 1.807) is 18.2 Å². The molecule has 16 nitrogen and oxygen atoms in total. The average Bonchev–Trinajstić information content (AvgIpc) is 3.79. The van der Waals surface area contributed by atoms with E-state index >= 15 is 0 Å². The normalized spacial score (nSPS) is 20.6. The monoisotopic (exact) mass is 842 g/mol. The molecule has 1 aliphatic heterocycles. The molecular formula is C42H63N6O10P. The van der Waals surface area contributed by atoms with Crippen LogP contribution in [0.25, 0.3) is 5.52 Å². The number of ether oxygens (including phenoxy) is 4. The summed E-state index contributed by atoms with van der Waals surface area (Å²) >= 11 is 0. The topological polar surface area (TPSA) is 237 Å². The quantitative estimate of drug-likeness (QED) is 0.0389. The van der Waals surface area contributed by atoms with Gasteiger partial charge in [-0.1, -0.05) is 103 Å². The Kier molecular flexibility index (Phi) is 20.5. The van der Waals surface area contributed by atoms with E-state index in [4.69, 9.17) is 33.7 Å². The van der Waals surface area contributed by atoms with E-state index < -0.39 is 51.1 Å². The molecule has 4 rings (SSSR count). The molecule has 1 fully saturated rings. The number of nitrogens with two attached hydrogens (primary N) is 1. The summed E-state index contributed by atoms with van der Waals surface area (Å²) < 4.78 is 47.9.